The molecule has 0 saturated carbocycles. The summed E-state index contributed by atoms with van der Waals surface area (Å²) in [5.41, 5.74) is 13.4. The standard InChI is InChI=1S/C48H65N15O9/c1-3-4-14-33(57-27(2)64)42(67)58-35-17-18-39(65)53-21-19-36(45(70)61-37(41(49)66)22-29-24-55-32-15-9-8-13-31(29)32)59-43(68)34(16-10-20-54-48(50)51)60-47(72)40(28-11-6-5-7-12-28)63-46(71)38(62-44(35)69)23-30-25-52-26-56-30/h5-9,11-13,15,24-26,33-38,40,55H,3-4,10,14,16-23H2,1-2H3,(H2,49,66)(H,52,56)(H,53,65)(H,57,64)(H,58,67)(H,59,68)(H,60,72)(H,61,70)(H,62,69)(H,63,71)(H4,50,51,54)/t33-,34-,35-,36-,37+,38-,40?/m0/s1. The number of nitrogens with one attached hydrogen (secondary N) is 12. The van der Waals surface area contributed by atoms with Gasteiger partial charge in [-0.25, -0.2) is 4.98 Å². The van der Waals surface area contributed by atoms with Crippen LogP contribution < -0.4 is 59.3 Å². The van der Waals surface area contributed by atoms with Crippen LogP contribution in [0.3, 0.4) is 0 Å². The number of primary amides is 1. The lowest BCUT2D eigenvalue weighted by molar-refractivity contribution is -0.136. The summed E-state index contributed by atoms with van der Waals surface area (Å²) >= 11 is 0. The first-order valence-electron chi connectivity index (χ1n) is 23.8. The van der Waals surface area contributed by atoms with Gasteiger partial charge in [0, 0.05) is 62.6 Å². The molecule has 0 spiro atoms. The summed E-state index contributed by atoms with van der Waals surface area (Å²) < 4.78 is 0. The molecule has 386 valence electrons. The number of benzene rings is 2. The van der Waals surface area contributed by atoms with E-state index in [0.29, 0.717) is 24.1 Å². The van der Waals surface area contributed by atoms with Gasteiger partial charge in [-0.2, -0.15) is 0 Å². The lowest BCUT2D eigenvalue weighted by Gasteiger charge is -2.28. The first-order valence-corrected chi connectivity index (χ1v) is 23.8. The molecule has 0 bridgehead atoms. The first-order chi connectivity index (χ1) is 34.5. The number of fused-ring (bicyclic) bond motifs is 1. The molecule has 5 rings (SSSR count). The van der Waals surface area contributed by atoms with E-state index in [1.165, 1.54) is 19.4 Å². The zero-order valence-electron chi connectivity index (χ0n) is 40.2. The molecule has 1 fully saturated rings. The van der Waals surface area contributed by atoms with Crippen LogP contribution in [0.4, 0.5) is 0 Å². The molecule has 1 aliphatic heterocycles. The summed E-state index contributed by atoms with van der Waals surface area (Å²) in [6.45, 7) is 3.03. The van der Waals surface area contributed by atoms with Crippen LogP contribution in [0.25, 0.3) is 10.9 Å². The number of carbonyl (C=O) groups is 9. The summed E-state index contributed by atoms with van der Waals surface area (Å²) in [4.78, 5) is 134. The van der Waals surface area contributed by atoms with Gasteiger partial charge in [0.25, 0.3) is 0 Å². The number of aromatic amines is 2. The maximum absolute atomic E-state index is 14.6. The van der Waals surface area contributed by atoms with Crippen LogP contribution >= 0.6 is 0 Å². The van der Waals surface area contributed by atoms with Crippen LogP contribution in [-0.2, 0) is 56.0 Å². The molecule has 3 heterocycles. The number of imidazole rings is 1. The molecule has 2 aromatic heterocycles. The number of para-hydroxylation sites is 1. The fraction of sp³-hybridized carbons (Fsp3) is 0.438. The highest BCUT2D eigenvalue weighted by Crippen LogP contribution is 2.20. The van der Waals surface area contributed by atoms with Gasteiger partial charge in [0.05, 0.1) is 12.0 Å². The average Bonchev–Trinajstić information content (AvgIpc) is 4.03. The van der Waals surface area contributed by atoms with E-state index in [9.17, 15) is 43.2 Å². The molecule has 4 aromatic rings. The Hall–Kier alpha value is -8.31. The molecule has 1 aliphatic rings. The molecule has 24 nitrogen and oxygen atoms in total. The zero-order chi connectivity index (χ0) is 52.2. The average molecular weight is 996 g/mol. The minimum atomic E-state index is -1.49. The van der Waals surface area contributed by atoms with Crippen molar-refractivity contribution in [2.75, 3.05) is 13.1 Å². The second-order valence-corrected chi connectivity index (χ2v) is 17.4. The predicted molar refractivity (Wildman–Crippen MR) is 264 cm³/mol. The number of carbonyl (C=O) groups excluding carboxylic acids is 9. The van der Waals surface area contributed by atoms with E-state index in [1.807, 2.05) is 31.2 Å². The molecule has 0 aliphatic carbocycles. The third-order valence-corrected chi connectivity index (χ3v) is 11.9. The summed E-state index contributed by atoms with van der Waals surface area (Å²) in [6, 6.07) is 5.92. The Balaban J connectivity index is 1.52. The summed E-state index contributed by atoms with van der Waals surface area (Å²) in [7, 11) is 0. The van der Waals surface area contributed by atoms with Crippen molar-refractivity contribution in [1.29, 1.82) is 5.41 Å². The van der Waals surface area contributed by atoms with Crippen LogP contribution in [0, 0.1) is 5.41 Å². The summed E-state index contributed by atoms with van der Waals surface area (Å²) in [6.07, 6.45) is 5.02. The molecule has 7 atom stereocenters. The first kappa shape index (κ1) is 54.6. The molecule has 1 saturated heterocycles. The van der Waals surface area contributed by atoms with Crippen LogP contribution in [0.1, 0.15) is 88.1 Å². The second-order valence-electron chi connectivity index (χ2n) is 17.4. The van der Waals surface area contributed by atoms with Crippen molar-refractivity contribution in [3.63, 3.8) is 0 Å². The number of hydrogen-bond donors (Lipinski definition) is 14. The largest absolute Gasteiger partial charge is 0.370 e. The number of aromatic nitrogens is 3. The number of amides is 9. The maximum atomic E-state index is 14.6. The van der Waals surface area contributed by atoms with Crippen LogP contribution in [0.15, 0.2) is 73.3 Å². The van der Waals surface area contributed by atoms with E-state index < -0.39 is 95.5 Å². The molecular formula is C48H65N15O9. The van der Waals surface area contributed by atoms with Crippen molar-refractivity contribution in [3.8, 4) is 0 Å². The summed E-state index contributed by atoms with van der Waals surface area (Å²) in [5, 5.41) is 32.4. The van der Waals surface area contributed by atoms with Gasteiger partial charge in [-0.3, -0.25) is 48.6 Å². The Morgan fingerprint density at radius 2 is 1.54 bits per heavy atom. The Morgan fingerprint density at radius 1 is 0.819 bits per heavy atom. The number of rotatable bonds is 18. The zero-order valence-corrected chi connectivity index (χ0v) is 40.2. The lowest BCUT2D eigenvalue weighted by atomic mass is 10.0. The van der Waals surface area contributed by atoms with E-state index in [-0.39, 0.29) is 76.0 Å². The molecule has 9 amide bonds. The fourth-order valence-electron chi connectivity index (χ4n) is 8.07. The van der Waals surface area contributed by atoms with Crippen LogP contribution in [0.5, 0.6) is 0 Å². The minimum Gasteiger partial charge on any atom is -0.370 e. The van der Waals surface area contributed by atoms with Crippen molar-refractivity contribution in [3.05, 3.63) is 90.1 Å². The van der Waals surface area contributed by atoms with Gasteiger partial charge in [0.1, 0.15) is 42.3 Å². The highest BCUT2D eigenvalue weighted by Gasteiger charge is 2.35. The van der Waals surface area contributed by atoms with Crippen LogP contribution in [-0.4, -0.2) is 123 Å². The molecule has 24 heteroatoms. The van der Waals surface area contributed by atoms with Gasteiger partial charge in [0.2, 0.25) is 53.2 Å². The molecule has 2 aromatic carbocycles. The molecule has 1 unspecified atom stereocenters. The van der Waals surface area contributed by atoms with E-state index in [0.717, 1.165) is 10.9 Å². The van der Waals surface area contributed by atoms with E-state index in [1.54, 1.807) is 36.5 Å². The number of nitrogens with two attached hydrogens (primary N) is 2. The quantitative estimate of drug-likeness (QED) is 0.0314. The number of hydrogen-bond acceptors (Lipinski definition) is 11. The van der Waals surface area contributed by atoms with Crippen molar-refractivity contribution in [1.82, 2.24) is 62.8 Å². The fourth-order valence-corrected chi connectivity index (χ4v) is 8.07. The van der Waals surface area contributed by atoms with Crippen LogP contribution in [0.2, 0.25) is 0 Å². The topological polar surface area (TPSA) is 382 Å². The Morgan fingerprint density at radius 3 is 2.24 bits per heavy atom. The normalized spacial score (nSPS) is 20.3. The van der Waals surface area contributed by atoms with Gasteiger partial charge < -0.3 is 69.3 Å². The lowest BCUT2D eigenvalue weighted by Crippen LogP contribution is -2.59. The highest BCUT2D eigenvalue weighted by molar-refractivity contribution is 5.98. The summed E-state index contributed by atoms with van der Waals surface area (Å²) in [5.74, 6) is -7.30. The minimum absolute atomic E-state index is 0.0189. The molecule has 0 radical (unpaired) electrons. The third kappa shape index (κ3) is 16.7. The van der Waals surface area contributed by atoms with Gasteiger partial charge in [-0.15, -0.1) is 0 Å². The van der Waals surface area contributed by atoms with E-state index in [4.69, 9.17) is 16.9 Å². The van der Waals surface area contributed by atoms with Gasteiger partial charge in [-0.05, 0) is 49.3 Å². The van der Waals surface area contributed by atoms with Crippen molar-refractivity contribution >= 4 is 70.0 Å². The number of unbranched alkanes of at least 4 members (excludes halogenated alkanes) is 1. The number of nitrogens with zero attached hydrogens (tertiary/aromatic N) is 1. The maximum Gasteiger partial charge on any atom is 0.247 e. The van der Waals surface area contributed by atoms with Crippen molar-refractivity contribution < 1.29 is 43.2 Å². The molecule has 16 N–H and O–H groups in total. The SMILES string of the molecule is CCCC[C@H](NC(C)=O)C(=O)N[C@H]1CCC(=O)NCC[C@@H](C(=O)N[C@H](Cc2c[nH]c3ccccc23)C(N)=O)NC(=O)[C@H](CCCNC(=N)N)NC(=O)C(c2ccccc2)NC(=O)[C@H](Cc2c[nH]cn2)NC1=O. The second kappa shape index (κ2) is 27.2. The Labute approximate surface area is 415 Å². The highest BCUT2D eigenvalue weighted by atomic mass is 16.2. The number of guanidine groups is 1. The van der Waals surface area contributed by atoms with Crippen molar-refractivity contribution in [2.24, 2.45) is 11.5 Å². The van der Waals surface area contributed by atoms with E-state index >= 15 is 0 Å². The molecule has 72 heavy (non-hydrogen) atoms. The Kier molecular flexibility index (Phi) is 20.6. The monoisotopic (exact) mass is 996 g/mol. The van der Waals surface area contributed by atoms with Gasteiger partial charge in [-0.1, -0.05) is 68.3 Å². The smallest absolute Gasteiger partial charge is 0.247 e. The molecular weight excluding hydrogens is 931 g/mol. The third-order valence-electron chi connectivity index (χ3n) is 11.9. The predicted octanol–water partition coefficient (Wildman–Crippen LogP) is -1.30. The Bertz CT molecular complexity index is 2530. The van der Waals surface area contributed by atoms with E-state index in [2.05, 4.69) is 62.8 Å². The number of H-pyrrole nitrogens is 2. The van der Waals surface area contributed by atoms with Gasteiger partial charge >= 0.3 is 0 Å². The van der Waals surface area contributed by atoms with Crippen molar-refractivity contribution in [2.45, 2.75) is 120 Å². The van der Waals surface area contributed by atoms with Gasteiger partial charge in [0.15, 0.2) is 5.96 Å².